The Morgan fingerprint density at radius 2 is 2.21 bits per heavy atom. The predicted molar refractivity (Wildman–Crippen MR) is 56.4 cm³/mol. The zero-order valence-corrected chi connectivity index (χ0v) is 8.66. The van der Waals surface area contributed by atoms with E-state index in [-0.39, 0.29) is 0 Å². The monoisotopic (exact) mass is 195 g/mol. The van der Waals surface area contributed by atoms with E-state index in [0.717, 1.165) is 16.9 Å². The largest absolute Gasteiger partial charge is 0.496 e. The molecule has 0 fully saturated rings. The standard InChI is InChI=1S/C11H17NO2/c1-8-3-4-9(7-11(8)14-2)10(13)5-6-12/h3-4,7,10,13H,5-6,12H2,1-2H3/t10-/m1/s1. The van der Waals surface area contributed by atoms with Crippen LogP contribution in [0.1, 0.15) is 23.7 Å². The summed E-state index contributed by atoms with van der Waals surface area (Å²) >= 11 is 0. The molecule has 1 aromatic rings. The Morgan fingerprint density at radius 3 is 2.79 bits per heavy atom. The van der Waals surface area contributed by atoms with E-state index in [4.69, 9.17) is 10.5 Å². The highest BCUT2D eigenvalue weighted by Crippen LogP contribution is 2.24. The molecule has 78 valence electrons. The van der Waals surface area contributed by atoms with Crippen molar-refractivity contribution in [2.45, 2.75) is 19.4 Å². The number of nitrogens with two attached hydrogens (primary N) is 1. The van der Waals surface area contributed by atoms with Crippen LogP contribution in [0.15, 0.2) is 18.2 Å². The summed E-state index contributed by atoms with van der Waals surface area (Å²) in [6, 6.07) is 5.70. The zero-order valence-electron chi connectivity index (χ0n) is 8.66. The van der Waals surface area contributed by atoms with Crippen LogP contribution in [0.3, 0.4) is 0 Å². The molecule has 0 aliphatic heterocycles. The minimum absolute atomic E-state index is 0.483. The predicted octanol–water partition coefficient (Wildman–Crippen LogP) is 1.39. The molecule has 0 heterocycles. The molecule has 3 heteroatoms. The SMILES string of the molecule is COc1cc([C@H](O)CCN)ccc1C. The first-order chi connectivity index (χ1) is 6.69. The van der Waals surface area contributed by atoms with Gasteiger partial charge in [0.05, 0.1) is 13.2 Å². The number of benzene rings is 1. The molecule has 0 amide bonds. The number of aliphatic hydroxyl groups excluding tert-OH is 1. The van der Waals surface area contributed by atoms with Gasteiger partial charge in [-0.2, -0.15) is 0 Å². The molecule has 0 aromatic heterocycles. The van der Waals surface area contributed by atoms with Crippen LogP contribution in [-0.4, -0.2) is 18.8 Å². The van der Waals surface area contributed by atoms with Gasteiger partial charge in [0.2, 0.25) is 0 Å². The molecule has 1 rings (SSSR count). The van der Waals surface area contributed by atoms with Crippen molar-refractivity contribution < 1.29 is 9.84 Å². The van der Waals surface area contributed by atoms with Gasteiger partial charge in [-0.25, -0.2) is 0 Å². The van der Waals surface area contributed by atoms with Crippen molar-refractivity contribution in [2.24, 2.45) is 5.73 Å². The van der Waals surface area contributed by atoms with E-state index < -0.39 is 6.10 Å². The summed E-state index contributed by atoms with van der Waals surface area (Å²) in [6.07, 6.45) is 0.0844. The molecule has 3 N–H and O–H groups in total. The van der Waals surface area contributed by atoms with Crippen LogP contribution >= 0.6 is 0 Å². The maximum Gasteiger partial charge on any atom is 0.122 e. The fourth-order valence-electron chi connectivity index (χ4n) is 1.37. The van der Waals surface area contributed by atoms with Crippen LogP contribution in [0.25, 0.3) is 0 Å². The van der Waals surface area contributed by atoms with E-state index in [2.05, 4.69) is 0 Å². The van der Waals surface area contributed by atoms with Crippen LogP contribution < -0.4 is 10.5 Å². The molecule has 0 saturated heterocycles. The highest BCUT2D eigenvalue weighted by molar-refractivity contribution is 5.37. The minimum atomic E-state index is -0.491. The van der Waals surface area contributed by atoms with E-state index in [0.29, 0.717) is 13.0 Å². The van der Waals surface area contributed by atoms with E-state index in [1.165, 1.54) is 0 Å². The van der Waals surface area contributed by atoms with Gasteiger partial charge < -0.3 is 15.6 Å². The molecular weight excluding hydrogens is 178 g/mol. The molecule has 0 radical (unpaired) electrons. The third-order valence-corrected chi connectivity index (χ3v) is 2.26. The average molecular weight is 195 g/mol. The number of aryl methyl sites for hydroxylation is 1. The molecule has 1 aromatic carbocycles. The van der Waals surface area contributed by atoms with Crippen molar-refractivity contribution in [1.82, 2.24) is 0 Å². The quantitative estimate of drug-likeness (QED) is 0.763. The topological polar surface area (TPSA) is 55.5 Å². The molecule has 0 saturated carbocycles. The van der Waals surface area contributed by atoms with Gasteiger partial charge in [0, 0.05) is 0 Å². The normalized spacial score (nSPS) is 12.6. The van der Waals surface area contributed by atoms with Crippen molar-refractivity contribution in [3.05, 3.63) is 29.3 Å². The lowest BCUT2D eigenvalue weighted by Crippen LogP contribution is -2.06. The minimum Gasteiger partial charge on any atom is -0.496 e. The van der Waals surface area contributed by atoms with Crippen molar-refractivity contribution in [3.63, 3.8) is 0 Å². The Labute approximate surface area is 84.5 Å². The van der Waals surface area contributed by atoms with Gasteiger partial charge in [0.1, 0.15) is 5.75 Å². The number of hydrogen-bond acceptors (Lipinski definition) is 3. The number of ether oxygens (including phenoxy) is 1. The zero-order chi connectivity index (χ0) is 10.6. The van der Waals surface area contributed by atoms with Crippen LogP contribution in [0.5, 0.6) is 5.75 Å². The molecule has 0 bridgehead atoms. The molecule has 0 unspecified atom stereocenters. The third kappa shape index (κ3) is 2.47. The lowest BCUT2D eigenvalue weighted by Gasteiger charge is -2.12. The number of hydrogen-bond donors (Lipinski definition) is 2. The highest BCUT2D eigenvalue weighted by Gasteiger charge is 2.08. The van der Waals surface area contributed by atoms with Gasteiger partial charge in [0.15, 0.2) is 0 Å². The second kappa shape index (κ2) is 4.98. The van der Waals surface area contributed by atoms with Crippen LogP contribution in [-0.2, 0) is 0 Å². The van der Waals surface area contributed by atoms with Gasteiger partial charge in [0.25, 0.3) is 0 Å². The Hall–Kier alpha value is -1.06. The first-order valence-corrected chi connectivity index (χ1v) is 4.71. The summed E-state index contributed by atoms with van der Waals surface area (Å²) in [4.78, 5) is 0. The van der Waals surface area contributed by atoms with Gasteiger partial charge >= 0.3 is 0 Å². The van der Waals surface area contributed by atoms with E-state index in [1.807, 2.05) is 25.1 Å². The maximum atomic E-state index is 9.70. The summed E-state index contributed by atoms with van der Waals surface area (Å²) in [6.45, 7) is 2.45. The first kappa shape index (κ1) is 11.0. The third-order valence-electron chi connectivity index (χ3n) is 2.26. The lowest BCUT2D eigenvalue weighted by atomic mass is 10.0. The Bertz CT molecular complexity index is 299. The van der Waals surface area contributed by atoms with Crippen molar-refractivity contribution in [1.29, 1.82) is 0 Å². The number of rotatable bonds is 4. The van der Waals surface area contributed by atoms with Crippen LogP contribution in [0.2, 0.25) is 0 Å². The van der Waals surface area contributed by atoms with Crippen molar-refractivity contribution >= 4 is 0 Å². The van der Waals surface area contributed by atoms with Crippen molar-refractivity contribution in [2.75, 3.05) is 13.7 Å². The molecule has 14 heavy (non-hydrogen) atoms. The Kier molecular flexibility index (Phi) is 3.92. The van der Waals surface area contributed by atoms with Crippen LogP contribution in [0, 0.1) is 6.92 Å². The molecule has 0 spiro atoms. The molecule has 3 nitrogen and oxygen atoms in total. The molecule has 0 aliphatic rings. The summed E-state index contributed by atoms with van der Waals surface area (Å²) in [5, 5.41) is 9.70. The fraction of sp³-hybridized carbons (Fsp3) is 0.455. The first-order valence-electron chi connectivity index (χ1n) is 4.71. The van der Waals surface area contributed by atoms with Gasteiger partial charge in [-0.3, -0.25) is 0 Å². The van der Waals surface area contributed by atoms with Gasteiger partial charge in [-0.05, 0) is 37.1 Å². The average Bonchev–Trinajstić information content (AvgIpc) is 2.19. The van der Waals surface area contributed by atoms with Gasteiger partial charge in [-0.15, -0.1) is 0 Å². The molecule has 0 aliphatic carbocycles. The van der Waals surface area contributed by atoms with E-state index >= 15 is 0 Å². The highest BCUT2D eigenvalue weighted by atomic mass is 16.5. The van der Waals surface area contributed by atoms with Crippen LogP contribution in [0.4, 0.5) is 0 Å². The smallest absolute Gasteiger partial charge is 0.122 e. The second-order valence-corrected chi connectivity index (χ2v) is 3.32. The number of aliphatic hydroxyl groups is 1. The summed E-state index contributed by atoms with van der Waals surface area (Å²) in [7, 11) is 1.63. The lowest BCUT2D eigenvalue weighted by molar-refractivity contribution is 0.170. The number of methoxy groups -OCH3 is 1. The fourth-order valence-corrected chi connectivity index (χ4v) is 1.37. The molecule has 1 atom stereocenters. The van der Waals surface area contributed by atoms with Gasteiger partial charge in [-0.1, -0.05) is 12.1 Å². The van der Waals surface area contributed by atoms with E-state index in [9.17, 15) is 5.11 Å². The Morgan fingerprint density at radius 1 is 1.50 bits per heavy atom. The van der Waals surface area contributed by atoms with E-state index in [1.54, 1.807) is 7.11 Å². The summed E-state index contributed by atoms with van der Waals surface area (Å²) in [5.74, 6) is 0.804. The maximum absolute atomic E-state index is 9.70. The molecular formula is C11H17NO2. The summed E-state index contributed by atoms with van der Waals surface area (Å²) in [5.41, 5.74) is 7.30. The Balaban J connectivity index is 2.88. The van der Waals surface area contributed by atoms with Crippen molar-refractivity contribution in [3.8, 4) is 5.75 Å². The summed E-state index contributed by atoms with van der Waals surface area (Å²) < 4.78 is 5.17. The second-order valence-electron chi connectivity index (χ2n) is 3.32.